The lowest BCUT2D eigenvalue weighted by Gasteiger charge is -2.15. The number of ether oxygens (including phenoxy) is 3. The molecule has 0 aliphatic heterocycles. The maximum atomic E-state index is 11.4. The molecular weight excluding hydrogens is 282 g/mol. The minimum absolute atomic E-state index is 0. The Morgan fingerprint density at radius 3 is 2.50 bits per heavy atom. The van der Waals surface area contributed by atoms with Crippen LogP contribution in [0.5, 0.6) is 11.5 Å². The maximum absolute atomic E-state index is 11.4. The molecule has 0 unspecified atom stereocenters. The summed E-state index contributed by atoms with van der Waals surface area (Å²) in [6.45, 7) is 4.59. The van der Waals surface area contributed by atoms with Gasteiger partial charge in [-0.2, -0.15) is 0 Å². The van der Waals surface area contributed by atoms with Gasteiger partial charge in [0.05, 0.1) is 26.7 Å². The zero-order valence-electron chi connectivity index (χ0n) is 12.0. The Bertz CT molecular complexity index is 426. The zero-order valence-corrected chi connectivity index (χ0v) is 12.9. The Labute approximate surface area is 125 Å². The molecular formula is C14H22ClNO4. The van der Waals surface area contributed by atoms with E-state index < -0.39 is 6.04 Å². The molecule has 0 aliphatic carbocycles. The van der Waals surface area contributed by atoms with Crippen molar-refractivity contribution in [2.24, 2.45) is 5.73 Å². The van der Waals surface area contributed by atoms with E-state index in [2.05, 4.69) is 0 Å². The topological polar surface area (TPSA) is 70.8 Å². The van der Waals surface area contributed by atoms with Crippen molar-refractivity contribution >= 4 is 18.4 Å². The Hall–Kier alpha value is -1.46. The third-order valence-electron chi connectivity index (χ3n) is 2.61. The van der Waals surface area contributed by atoms with Crippen LogP contribution in [0.15, 0.2) is 18.2 Å². The first-order chi connectivity index (χ1) is 9.12. The molecule has 0 saturated heterocycles. The summed E-state index contributed by atoms with van der Waals surface area (Å²) in [5.41, 5.74) is 6.79. The van der Waals surface area contributed by atoms with Crippen molar-refractivity contribution in [3.05, 3.63) is 23.8 Å². The van der Waals surface area contributed by atoms with Gasteiger partial charge in [0.2, 0.25) is 0 Å². The number of carbonyl (C=O) groups is 1. The van der Waals surface area contributed by atoms with Gasteiger partial charge in [-0.15, -0.1) is 12.4 Å². The Morgan fingerprint density at radius 1 is 1.25 bits per heavy atom. The summed E-state index contributed by atoms with van der Waals surface area (Å²) >= 11 is 0. The van der Waals surface area contributed by atoms with Gasteiger partial charge in [0.15, 0.2) is 11.5 Å². The molecule has 0 heterocycles. The number of carbonyl (C=O) groups excluding carboxylic acids is 1. The van der Waals surface area contributed by atoms with E-state index in [0.29, 0.717) is 24.7 Å². The number of hydrogen-bond donors (Lipinski definition) is 1. The van der Waals surface area contributed by atoms with Gasteiger partial charge in [0.1, 0.15) is 0 Å². The van der Waals surface area contributed by atoms with Crippen LogP contribution in [-0.4, -0.2) is 26.3 Å². The van der Waals surface area contributed by atoms with Crippen LogP contribution in [0.2, 0.25) is 0 Å². The summed E-state index contributed by atoms with van der Waals surface area (Å²) in [6.07, 6.45) is 0.144. The lowest BCUT2D eigenvalue weighted by molar-refractivity contribution is -0.143. The normalized spacial score (nSPS) is 11.2. The molecule has 0 aromatic heterocycles. The number of rotatable bonds is 7. The maximum Gasteiger partial charge on any atom is 0.307 e. The summed E-state index contributed by atoms with van der Waals surface area (Å²) in [7, 11) is 1.57. The highest BCUT2D eigenvalue weighted by Gasteiger charge is 2.15. The fourth-order valence-electron chi connectivity index (χ4n) is 1.71. The summed E-state index contributed by atoms with van der Waals surface area (Å²) in [5.74, 6) is 0.971. The molecule has 0 fully saturated rings. The monoisotopic (exact) mass is 303 g/mol. The minimum Gasteiger partial charge on any atom is -0.493 e. The van der Waals surface area contributed by atoms with Crippen LogP contribution in [0.25, 0.3) is 0 Å². The highest BCUT2D eigenvalue weighted by atomic mass is 35.5. The van der Waals surface area contributed by atoms with E-state index in [1.54, 1.807) is 26.2 Å². The molecule has 2 N–H and O–H groups in total. The first-order valence-corrected chi connectivity index (χ1v) is 6.34. The molecule has 1 atom stereocenters. The van der Waals surface area contributed by atoms with Gasteiger partial charge in [-0.05, 0) is 31.5 Å². The Kier molecular flexibility index (Phi) is 8.76. The van der Waals surface area contributed by atoms with Gasteiger partial charge >= 0.3 is 5.97 Å². The average molecular weight is 304 g/mol. The Balaban J connectivity index is 0.00000361. The van der Waals surface area contributed by atoms with Crippen molar-refractivity contribution in [3.8, 4) is 11.5 Å². The lowest BCUT2D eigenvalue weighted by Crippen LogP contribution is -2.17. The van der Waals surface area contributed by atoms with Gasteiger partial charge < -0.3 is 19.9 Å². The number of hydrogen-bond acceptors (Lipinski definition) is 5. The summed E-state index contributed by atoms with van der Waals surface area (Å²) in [4.78, 5) is 11.4. The number of halogens is 1. The third-order valence-corrected chi connectivity index (χ3v) is 2.61. The van der Waals surface area contributed by atoms with E-state index in [-0.39, 0.29) is 24.8 Å². The first kappa shape index (κ1) is 18.5. The van der Waals surface area contributed by atoms with E-state index in [9.17, 15) is 4.79 Å². The average Bonchev–Trinajstić information content (AvgIpc) is 2.39. The standard InChI is InChI=1S/C14H21NO4.ClH/c1-4-18-12-7-6-10(8-13(12)17-3)11(15)9-14(16)19-5-2;/h6-8,11H,4-5,9,15H2,1-3H3;1H/t11-;/m0./s1. The van der Waals surface area contributed by atoms with Crippen molar-refractivity contribution in [3.63, 3.8) is 0 Å². The predicted octanol–water partition coefficient (Wildman–Crippen LogP) is 2.47. The molecule has 1 rings (SSSR count). The van der Waals surface area contributed by atoms with Gasteiger partial charge in [-0.3, -0.25) is 4.79 Å². The van der Waals surface area contributed by atoms with Crippen LogP contribution in [0.3, 0.4) is 0 Å². The molecule has 0 spiro atoms. The van der Waals surface area contributed by atoms with Crippen LogP contribution in [0.4, 0.5) is 0 Å². The largest absolute Gasteiger partial charge is 0.493 e. The first-order valence-electron chi connectivity index (χ1n) is 6.34. The van der Waals surface area contributed by atoms with Crippen molar-refractivity contribution in [2.45, 2.75) is 26.3 Å². The molecule has 0 saturated carbocycles. The minimum atomic E-state index is -0.413. The van der Waals surface area contributed by atoms with Crippen molar-refractivity contribution in [1.82, 2.24) is 0 Å². The molecule has 1 aromatic carbocycles. The zero-order chi connectivity index (χ0) is 14.3. The number of benzene rings is 1. The quantitative estimate of drug-likeness (QED) is 0.784. The molecule has 0 bridgehead atoms. The summed E-state index contributed by atoms with van der Waals surface area (Å²) in [5, 5.41) is 0. The molecule has 114 valence electrons. The molecule has 6 heteroatoms. The van der Waals surface area contributed by atoms with E-state index in [1.165, 1.54) is 0 Å². The second-order valence-corrected chi connectivity index (χ2v) is 3.96. The van der Waals surface area contributed by atoms with Crippen LogP contribution in [0, 0.1) is 0 Å². The number of nitrogens with two attached hydrogens (primary N) is 1. The Morgan fingerprint density at radius 2 is 1.95 bits per heavy atom. The summed E-state index contributed by atoms with van der Waals surface area (Å²) < 4.78 is 15.5. The van der Waals surface area contributed by atoms with E-state index in [0.717, 1.165) is 5.56 Å². The van der Waals surface area contributed by atoms with E-state index >= 15 is 0 Å². The van der Waals surface area contributed by atoms with Gasteiger partial charge in [-0.25, -0.2) is 0 Å². The second kappa shape index (κ2) is 9.44. The number of methoxy groups -OCH3 is 1. The van der Waals surface area contributed by atoms with Crippen molar-refractivity contribution < 1.29 is 19.0 Å². The van der Waals surface area contributed by atoms with Crippen LogP contribution >= 0.6 is 12.4 Å². The van der Waals surface area contributed by atoms with Gasteiger partial charge in [0.25, 0.3) is 0 Å². The highest BCUT2D eigenvalue weighted by molar-refractivity contribution is 5.85. The predicted molar refractivity (Wildman–Crippen MR) is 79.6 cm³/mol. The molecule has 0 amide bonds. The van der Waals surface area contributed by atoms with Gasteiger partial charge in [0, 0.05) is 6.04 Å². The van der Waals surface area contributed by atoms with Crippen LogP contribution in [-0.2, 0) is 9.53 Å². The second-order valence-electron chi connectivity index (χ2n) is 3.96. The fourth-order valence-corrected chi connectivity index (χ4v) is 1.71. The fraction of sp³-hybridized carbons (Fsp3) is 0.500. The van der Waals surface area contributed by atoms with E-state index in [1.807, 2.05) is 13.0 Å². The number of esters is 1. The smallest absolute Gasteiger partial charge is 0.307 e. The molecule has 0 aliphatic rings. The van der Waals surface area contributed by atoms with Crippen LogP contribution in [0.1, 0.15) is 31.9 Å². The summed E-state index contributed by atoms with van der Waals surface area (Å²) in [6, 6.07) is 5.00. The van der Waals surface area contributed by atoms with Crippen molar-refractivity contribution in [2.75, 3.05) is 20.3 Å². The van der Waals surface area contributed by atoms with Crippen LogP contribution < -0.4 is 15.2 Å². The molecule has 0 radical (unpaired) electrons. The third kappa shape index (κ3) is 5.27. The molecule has 5 nitrogen and oxygen atoms in total. The molecule has 1 aromatic rings. The van der Waals surface area contributed by atoms with E-state index in [4.69, 9.17) is 19.9 Å². The van der Waals surface area contributed by atoms with Gasteiger partial charge in [-0.1, -0.05) is 6.07 Å². The SMILES string of the molecule is CCOC(=O)C[C@H](N)c1ccc(OCC)c(OC)c1.Cl. The lowest BCUT2D eigenvalue weighted by atomic mass is 10.0. The highest BCUT2D eigenvalue weighted by Crippen LogP contribution is 2.30. The molecule has 20 heavy (non-hydrogen) atoms. The van der Waals surface area contributed by atoms with Crippen molar-refractivity contribution in [1.29, 1.82) is 0 Å².